The van der Waals surface area contributed by atoms with E-state index >= 15 is 0 Å². The van der Waals surface area contributed by atoms with Gasteiger partial charge in [0, 0.05) is 11.1 Å². The summed E-state index contributed by atoms with van der Waals surface area (Å²) in [6, 6.07) is 17.9. The van der Waals surface area contributed by atoms with Crippen LogP contribution in [0.2, 0.25) is 0 Å². The fourth-order valence-corrected chi connectivity index (χ4v) is 3.65. The van der Waals surface area contributed by atoms with E-state index in [0.717, 1.165) is 33.2 Å². The van der Waals surface area contributed by atoms with Crippen molar-refractivity contribution in [3.63, 3.8) is 0 Å². The highest BCUT2D eigenvalue weighted by Gasteiger charge is 2.26. The predicted octanol–water partition coefficient (Wildman–Crippen LogP) is 6.32. The monoisotopic (exact) mass is 389 g/mol. The summed E-state index contributed by atoms with van der Waals surface area (Å²) < 4.78 is 0. The zero-order valence-corrected chi connectivity index (χ0v) is 18.3. The highest BCUT2D eigenvalue weighted by molar-refractivity contribution is 6.02. The van der Waals surface area contributed by atoms with Gasteiger partial charge in [0.25, 0.3) is 0 Å². The van der Waals surface area contributed by atoms with Crippen molar-refractivity contribution >= 4 is 22.4 Å². The van der Waals surface area contributed by atoms with Crippen LogP contribution in [0.25, 0.3) is 10.8 Å². The van der Waals surface area contributed by atoms with Crippen LogP contribution in [0.3, 0.4) is 0 Å². The second-order valence-corrected chi connectivity index (χ2v) is 9.79. The van der Waals surface area contributed by atoms with Crippen molar-refractivity contribution in [3.8, 4) is 5.75 Å². The van der Waals surface area contributed by atoms with Crippen LogP contribution in [0.1, 0.15) is 58.2 Å². The number of nitrogens with one attached hydrogen (secondary N) is 1. The fourth-order valence-electron chi connectivity index (χ4n) is 3.65. The Hall–Kier alpha value is -2.81. The molecule has 0 aliphatic heterocycles. The van der Waals surface area contributed by atoms with Crippen LogP contribution in [0.15, 0.2) is 54.6 Å². The second-order valence-electron chi connectivity index (χ2n) is 9.79. The molecule has 0 fully saturated rings. The molecule has 0 radical (unpaired) electrons. The van der Waals surface area contributed by atoms with Crippen LogP contribution in [0.4, 0.5) is 5.69 Å². The molecule has 0 aliphatic carbocycles. The third-order valence-electron chi connectivity index (χ3n) is 5.21. The average Bonchev–Trinajstić information content (AvgIpc) is 2.61. The number of fused-ring (bicyclic) bond motifs is 1. The van der Waals surface area contributed by atoms with Gasteiger partial charge in [0.2, 0.25) is 5.91 Å². The van der Waals surface area contributed by atoms with Crippen molar-refractivity contribution in [2.45, 2.75) is 58.8 Å². The summed E-state index contributed by atoms with van der Waals surface area (Å²) >= 11 is 0. The van der Waals surface area contributed by atoms with Crippen molar-refractivity contribution in [2.24, 2.45) is 0 Å². The van der Waals surface area contributed by atoms with Crippen molar-refractivity contribution in [1.29, 1.82) is 0 Å². The third-order valence-corrected chi connectivity index (χ3v) is 5.21. The number of carbonyl (C=O) groups is 1. The van der Waals surface area contributed by atoms with E-state index in [-0.39, 0.29) is 23.2 Å². The van der Waals surface area contributed by atoms with Gasteiger partial charge in [-0.05, 0) is 39.0 Å². The summed E-state index contributed by atoms with van der Waals surface area (Å²) in [4.78, 5) is 12.9. The van der Waals surface area contributed by atoms with Crippen LogP contribution in [0, 0.1) is 0 Å². The molecule has 0 saturated carbocycles. The van der Waals surface area contributed by atoms with Crippen molar-refractivity contribution in [2.75, 3.05) is 5.32 Å². The molecule has 0 atom stereocenters. The van der Waals surface area contributed by atoms with Gasteiger partial charge in [-0.2, -0.15) is 0 Å². The molecule has 152 valence electrons. The molecule has 3 aromatic carbocycles. The summed E-state index contributed by atoms with van der Waals surface area (Å²) in [5, 5.41) is 16.1. The van der Waals surface area contributed by atoms with Gasteiger partial charge in [-0.15, -0.1) is 0 Å². The molecule has 3 aromatic rings. The van der Waals surface area contributed by atoms with Gasteiger partial charge in [-0.25, -0.2) is 0 Å². The molecule has 2 N–H and O–H groups in total. The van der Waals surface area contributed by atoms with Crippen molar-refractivity contribution < 1.29 is 9.90 Å². The molecule has 29 heavy (non-hydrogen) atoms. The quantitative estimate of drug-likeness (QED) is 0.550. The first-order chi connectivity index (χ1) is 13.5. The first-order valence-electron chi connectivity index (χ1n) is 10.1. The third kappa shape index (κ3) is 4.61. The van der Waals surface area contributed by atoms with Crippen LogP contribution < -0.4 is 5.32 Å². The van der Waals surface area contributed by atoms with Gasteiger partial charge < -0.3 is 10.4 Å². The Balaban J connectivity index is 1.94. The van der Waals surface area contributed by atoms with E-state index < -0.39 is 0 Å². The fraction of sp³-hybridized carbons (Fsp3) is 0.346. The number of anilines is 1. The number of amides is 1. The molecule has 0 aliphatic rings. The summed E-state index contributed by atoms with van der Waals surface area (Å²) in [7, 11) is 0. The van der Waals surface area contributed by atoms with E-state index in [1.54, 1.807) is 0 Å². The molecule has 0 heterocycles. The lowest BCUT2D eigenvalue weighted by atomic mass is 9.78. The minimum atomic E-state index is -0.216. The lowest BCUT2D eigenvalue weighted by Gasteiger charge is -2.28. The maximum atomic E-state index is 12.9. The van der Waals surface area contributed by atoms with Crippen LogP contribution in [-0.4, -0.2) is 11.0 Å². The molecule has 0 unspecified atom stereocenters. The largest absolute Gasteiger partial charge is 0.507 e. The van der Waals surface area contributed by atoms with E-state index in [4.69, 9.17) is 0 Å². The Bertz CT molecular complexity index is 1010. The highest BCUT2D eigenvalue weighted by Crippen LogP contribution is 2.40. The van der Waals surface area contributed by atoms with Gasteiger partial charge in [-0.3, -0.25) is 4.79 Å². The number of aromatic hydroxyl groups is 1. The molecule has 3 heteroatoms. The molecule has 3 rings (SSSR count). The number of rotatable bonds is 3. The van der Waals surface area contributed by atoms with E-state index in [0.29, 0.717) is 5.75 Å². The Kier molecular flexibility index (Phi) is 5.44. The molecule has 0 aromatic heterocycles. The Morgan fingerprint density at radius 1 is 0.862 bits per heavy atom. The summed E-state index contributed by atoms with van der Waals surface area (Å²) in [6.45, 7) is 12.5. The van der Waals surface area contributed by atoms with Crippen molar-refractivity contribution in [3.05, 3.63) is 71.3 Å². The van der Waals surface area contributed by atoms with Crippen LogP contribution in [-0.2, 0) is 22.0 Å². The van der Waals surface area contributed by atoms with E-state index in [2.05, 4.69) is 46.9 Å². The number of phenolic OH excluding ortho intramolecular Hbond substituents is 1. The maximum Gasteiger partial charge on any atom is 0.228 e. The lowest BCUT2D eigenvalue weighted by molar-refractivity contribution is -0.115. The molecule has 0 spiro atoms. The number of benzene rings is 3. The van der Waals surface area contributed by atoms with Gasteiger partial charge in [0.05, 0.1) is 6.42 Å². The zero-order valence-electron chi connectivity index (χ0n) is 18.3. The van der Waals surface area contributed by atoms with E-state index in [1.165, 1.54) is 0 Å². The van der Waals surface area contributed by atoms with E-state index in [1.807, 2.05) is 54.6 Å². The van der Waals surface area contributed by atoms with Gasteiger partial charge in [0.15, 0.2) is 0 Å². The standard InChI is InChI=1S/C26H31NO2/c1-25(2,3)20-14-17(15-21(24(20)29)26(4,5)6)16-23(28)27-22-13-9-11-18-10-7-8-12-19(18)22/h7-15,29H,16H2,1-6H3,(H,27,28). The molecule has 0 bridgehead atoms. The van der Waals surface area contributed by atoms with Crippen LogP contribution >= 0.6 is 0 Å². The SMILES string of the molecule is CC(C)(C)c1cc(CC(=O)Nc2cccc3ccccc23)cc(C(C)(C)C)c1O. The second kappa shape index (κ2) is 7.55. The summed E-state index contributed by atoms with van der Waals surface area (Å²) in [5.41, 5.74) is 3.04. The first-order valence-corrected chi connectivity index (χ1v) is 10.1. The smallest absolute Gasteiger partial charge is 0.228 e. The molecular formula is C26H31NO2. The first kappa shape index (κ1) is 20.9. The summed E-state index contributed by atoms with van der Waals surface area (Å²) in [5.74, 6) is 0.273. The zero-order chi connectivity index (χ0) is 21.4. The van der Waals surface area contributed by atoms with Gasteiger partial charge >= 0.3 is 0 Å². The lowest BCUT2D eigenvalue weighted by Crippen LogP contribution is -2.20. The number of hydrogen-bond acceptors (Lipinski definition) is 2. The number of carbonyl (C=O) groups excluding carboxylic acids is 1. The molecule has 0 saturated heterocycles. The number of phenols is 1. The topological polar surface area (TPSA) is 49.3 Å². The minimum absolute atomic E-state index is 0.0632. The van der Waals surface area contributed by atoms with Gasteiger partial charge in [0.1, 0.15) is 5.75 Å². The molecule has 1 amide bonds. The normalized spacial score (nSPS) is 12.2. The molecular weight excluding hydrogens is 358 g/mol. The predicted molar refractivity (Wildman–Crippen MR) is 122 cm³/mol. The average molecular weight is 390 g/mol. The maximum absolute atomic E-state index is 12.9. The Morgan fingerprint density at radius 2 is 1.41 bits per heavy atom. The van der Waals surface area contributed by atoms with E-state index in [9.17, 15) is 9.90 Å². The van der Waals surface area contributed by atoms with Crippen molar-refractivity contribution in [1.82, 2.24) is 0 Å². The highest BCUT2D eigenvalue weighted by atomic mass is 16.3. The Morgan fingerprint density at radius 3 is 2.00 bits per heavy atom. The molecule has 3 nitrogen and oxygen atoms in total. The number of hydrogen-bond donors (Lipinski definition) is 2. The van der Waals surface area contributed by atoms with Crippen LogP contribution in [0.5, 0.6) is 5.75 Å². The van der Waals surface area contributed by atoms with Gasteiger partial charge in [-0.1, -0.05) is 90.1 Å². The minimum Gasteiger partial charge on any atom is -0.507 e. The summed E-state index contributed by atoms with van der Waals surface area (Å²) in [6.07, 6.45) is 0.260. The Labute approximate surface area is 173 Å².